The van der Waals surface area contributed by atoms with Gasteiger partial charge in [-0.2, -0.15) is 4.31 Å². The van der Waals surface area contributed by atoms with Crippen LogP contribution in [0, 0.1) is 5.92 Å². The molecule has 2 heterocycles. The minimum atomic E-state index is -3.61. The molecule has 0 spiro atoms. The Labute approximate surface area is 172 Å². The third-order valence-electron chi connectivity index (χ3n) is 5.53. The Morgan fingerprint density at radius 1 is 1.07 bits per heavy atom. The first-order valence-corrected chi connectivity index (χ1v) is 11.2. The molecule has 0 saturated carbocycles. The first kappa shape index (κ1) is 21.6. The van der Waals surface area contributed by atoms with Crippen molar-refractivity contribution in [3.8, 4) is 5.75 Å². The predicted octanol–water partition coefficient (Wildman–Crippen LogP) is 1.18. The van der Waals surface area contributed by atoms with Gasteiger partial charge < -0.3 is 14.5 Å². The Bertz CT molecular complexity index is 868. The normalized spacial score (nSPS) is 21.5. The van der Waals surface area contributed by atoms with Gasteiger partial charge in [0.15, 0.2) is 0 Å². The van der Waals surface area contributed by atoms with E-state index in [2.05, 4.69) is 0 Å². The topological polar surface area (TPSA) is 87.2 Å². The Morgan fingerprint density at radius 3 is 2.14 bits per heavy atom. The largest absolute Gasteiger partial charge is 0.497 e. The van der Waals surface area contributed by atoms with Crippen LogP contribution in [-0.2, 0) is 19.6 Å². The summed E-state index contributed by atoms with van der Waals surface area (Å²) in [5, 5.41) is 0. The number of ether oxygens (including phenoxy) is 1. The number of carbonyl (C=O) groups excluding carboxylic acids is 2. The average Bonchev–Trinajstić information content (AvgIpc) is 3.09. The number of sulfonamides is 1. The summed E-state index contributed by atoms with van der Waals surface area (Å²) in [5.41, 5.74) is -0.308. The van der Waals surface area contributed by atoms with Gasteiger partial charge in [-0.3, -0.25) is 9.59 Å². The molecule has 1 aromatic carbocycles. The summed E-state index contributed by atoms with van der Waals surface area (Å²) in [7, 11) is -2.09. The fraction of sp³-hybridized carbons (Fsp3) is 0.600. The number of hydrogen-bond donors (Lipinski definition) is 0. The first-order valence-electron chi connectivity index (χ1n) is 9.77. The van der Waals surface area contributed by atoms with Crippen LogP contribution in [0.4, 0.5) is 0 Å². The second-order valence-electron chi connectivity index (χ2n) is 8.48. The molecular formula is C20H29N3O5S. The smallest absolute Gasteiger partial charge is 0.243 e. The molecule has 2 aliphatic rings. The Balaban J connectivity index is 1.61. The Kier molecular flexibility index (Phi) is 5.91. The summed E-state index contributed by atoms with van der Waals surface area (Å²) < 4.78 is 32.2. The highest BCUT2D eigenvalue weighted by Gasteiger charge is 2.41. The highest BCUT2D eigenvalue weighted by Crippen LogP contribution is 2.28. The van der Waals surface area contributed by atoms with Gasteiger partial charge in [0.05, 0.1) is 17.9 Å². The minimum Gasteiger partial charge on any atom is -0.497 e. The van der Waals surface area contributed by atoms with Crippen LogP contribution in [0.25, 0.3) is 0 Å². The van der Waals surface area contributed by atoms with Gasteiger partial charge in [0, 0.05) is 44.7 Å². The third-order valence-corrected chi connectivity index (χ3v) is 7.44. The summed E-state index contributed by atoms with van der Waals surface area (Å²) in [4.78, 5) is 28.8. The zero-order chi connectivity index (χ0) is 21.4. The van der Waals surface area contributed by atoms with E-state index < -0.39 is 10.0 Å². The summed E-state index contributed by atoms with van der Waals surface area (Å²) in [6.07, 6.45) is 0.223. The number of rotatable bonds is 4. The highest BCUT2D eigenvalue weighted by molar-refractivity contribution is 7.89. The van der Waals surface area contributed by atoms with E-state index in [0.29, 0.717) is 25.4 Å². The molecule has 0 N–H and O–H groups in total. The summed E-state index contributed by atoms with van der Waals surface area (Å²) in [6.45, 7) is 7.43. The van der Waals surface area contributed by atoms with Crippen molar-refractivity contribution in [3.63, 3.8) is 0 Å². The zero-order valence-corrected chi connectivity index (χ0v) is 18.2. The van der Waals surface area contributed by atoms with Gasteiger partial charge in [-0.1, -0.05) is 0 Å². The third kappa shape index (κ3) is 4.40. The second-order valence-corrected chi connectivity index (χ2v) is 10.4. The molecule has 0 radical (unpaired) electrons. The molecule has 2 saturated heterocycles. The summed E-state index contributed by atoms with van der Waals surface area (Å²) >= 11 is 0. The lowest BCUT2D eigenvalue weighted by Gasteiger charge is -2.36. The van der Waals surface area contributed by atoms with Crippen LogP contribution in [0.3, 0.4) is 0 Å². The molecule has 160 valence electrons. The fourth-order valence-corrected chi connectivity index (χ4v) is 5.25. The van der Waals surface area contributed by atoms with Gasteiger partial charge >= 0.3 is 0 Å². The molecule has 2 aliphatic heterocycles. The fourth-order valence-electron chi connectivity index (χ4n) is 3.82. The number of hydrogen-bond acceptors (Lipinski definition) is 5. The van der Waals surface area contributed by atoms with E-state index in [1.807, 2.05) is 20.8 Å². The Morgan fingerprint density at radius 2 is 1.66 bits per heavy atom. The van der Waals surface area contributed by atoms with Gasteiger partial charge in [-0.15, -0.1) is 0 Å². The van der Waals surface area contributed by atoms with Crippen molar-refractivity contribution in [1.82, 2.24) is 14.1 Å². The molecule has 9 heteroatoms. The lowest BCUT2D eigenvalue weighted by Crippen LogP contribution is -2.52. The lowest BCUT2D eigenvalue weighted by molar-refractivity contribution is -0.137. The van der Waals surface area contributed by atoms with E-state index in [4.69, 9.17) is 4.74 Å². The van der Waals surface area contributed by atoms with Crippen molar-refractivity contribution in [3.05, 3.63) is 24.3 Å². The van der Waals surface area contributed by atoms with E-state index in [1.165, 1.54) is 23.5 Å². The maximum atomic E-state index is 12.9. The van der Waals surface area contributed by atoms with Crippen molar-refractivity contribution in [2.75, 3.05) is 39.8 Å². The van der Waals surface area contributed by atoms with Crippen molar-refractivity contribution < 1.29 is 22.7 Å². The van der Waals surface area contributed by atoms with Crippen molar-refractivity contribution in [2.24, 2.45) is 5.92 Å². The lowest BCUT2D eigenvalue weighted by atomic mass is 10.1. The minimum absolute atomic E-state index is 0.00318. The van der Waals surface area contributed by atoms with Crippen LogP contribution in [0.5, 0.6) is 5.75 Å². The van der Waals surface area contributed by atoms with E-state index in [9.17, 15) is 18.0 Å². The molecule has 0 aliphatic carbocycles. The number of likely N-dealkylation sites (tertiary alicyclic amines) is 1. The van der Waals surface area contributed by atoms with Gasteiger partial charge in [-0.25, -0.2) is 8.42 Å². The number of amides is 2. The molecule has 0 unspecified atom stereocenters. The second kappa shape index (κ2) is 7.95. The van der Waals surface area contributed by atoms with Gasteiger partial charge in [0.25, 0.3) is 0 Å². The molecule has 0 bridgehead atoms. The van der Waals surface area contributed by atoms with Gasteiger partial charge in [0.2, 0.25) is 21.8 Å². The molecule has 29 heavy (non-hydrogen) atoms. The van der Waals surface area contributed by atoms with Gasteiger partial charge in [-0.05, 0) is 45.0 Å². The molecular weight excluding hydrogens is 394 g/mol. The SMILES string of the molecule is COc1ccc(S(=O)(=O)N2CCN(C(=O)[C@H]3CC(=O)N(C(C)(C)C)C3)CC2)cc1. The van der Waals surface area contributed by atoms with Crippen molar-refractivity contribution >= 4 is 21.8 Å². The first-order chi connectivity index (χ1) is 13.5. The quantitative estimate of drug-likeness (QED) is 0.726. The maximum Gasteiger partial charge on any atom is 0.243 e. The monoisotopic (exact) mass is 423 g/mol. The van der Waals surface area contributed by atoms with Crippen LogP contribution in [-0.4, -0.2) is 79.7 Å². The maximum absolute atomic E-state index is 12.9. The molecule has 1 atom stereocenters. The zero-order valence-electron chi connectivity index (χ0n) is 17.4. The van der Waals surface area contributed by atoms with Crippen LogP contribution in [0.15, 0.2) is 29.2 Å². The summed E-state index contributed by atoms with van der Waals surface area (Å²) in [5.74, 6) is 0.171. The molecule has 3 rings (SSSR count). The van der Waals surface area contributed by atoms with Crippen LogP contribution in [0.2, 0.25) is 0 Å². The van der Waals surface area contributed by atoms with Crippen molar-refractivity contribution in [1.29, 1.82) is 0 Å². The highest BCUT2D eigenvalue weighted by atomic mass is 32.2. The van der Waals surface area contributed by atoms with Crippen LogP contribution >= 0.6 is 0 Å². The van der Waals surface area contributed by atoms with Crippen molar-refractivity contribution in [2.45, 2.75) is 37.6 Å². The Hall–Kier alpha value is -2.13. The molecule has 8 nitrogen and oxygen atoms in total. The molecule has 2 amide bonds. The molecule has 0 aromatic heterocycles. The van der Waals surface area contributed by atoms with Crippen LogP contribution in [0.1, 0.15) is 27.2 Å². The van der Waals surface area contributed by atoms with Crippen LogP contribution < -0.4 is 4.74 Å². The number of piperazine rings is 1. The number of nitrogens with zero attached hydrogens (tertiary/aromatic N) is 3. The van der Waals surface area contributed by atoms with E-state index in [0.717, 1.165) is 0 Å². The van der Waals surface area contributed by atoms with Gasteiger partial charge in [0.1, 0.15) is 5.75 Å². The number of carbonyl (C=O) groups is 2. The van der Waals surface area contributed by atoms with E-state index >= 15 is 0 Å². The molecule has 1 aromatic rings. The van der Waals surface area contributed by atoms with E-state index in [1.54, 1.807) is 21.9 Å². The molecule has 2 fully saturated rings. The predicted molar refractivity (Wildman–Crippen MR) is 108 cm³/mol. The average molecular weight is 424 g/mol. The number of benzene rings is 1. The standard InChI is InChI=1S/C20H29N3O5S/c1-20(2,3)23-14-15(13-18(23)24)19(25)21-9-11-22(12-10-21)29(26,27)17-7-5-16(28-4)6-8-17/h5-8,15H,9-14H2,1-4H3/t15-/m0/s1. The summed E-state index contributed by atoms with van der Waals surface area (Å²) in [6, 6.07) is 6.28. The number of methoxy groups -OCH3 is 1. The van der Waals surface area contributed by atoms with E-state index in [-0.39, 0.29) is 47.7 Å².